The van der Waals surface area contributed by atoms with Crippen molar-refractivity contribution in [2.24, 2.45) is 0 Å². The SMILES string of the molecule is COc1cc(N2CC(N3CCN(c4ccc(-c5cnc6[nH]cc(C(=O)c7c(F)ccc(NS(=O)(=O)N8CC[C@@H](F)C8)c7F)c6c5)cc4)CC3)C2)cc2c1C(=O)N(C1CCC(=O)NC1=O)C2.O=CO. The summed E-state index contributed by atoms with van der Waals surface area (Å²) in [5, 5.41) is 9.55. The molecule has 7 heterocycles. The lowest BCUT2D eigenvalue weighted by Crippen LogP contribution is -2.63. The summed E-state index contributed by atoms with van der Waals surface area (Å²) in [7, 11) is -2.83. The first-order valence-corrected chi connectivity index (χ1v) is 23.3. The smallest absolute Gasteiger partial charge is 0.301 e. The molecular formula is C46H46F3N9O9S. The van der Waals surface area contributed by atoms with Gasteiger partial charge in [-0.05, 0) is 60.4 Å². The Kier molecular flexibility index (Phi) is 12.6. The quantitative estimate of drug-likeness (QED) is 0.0840. The number of carboxylic acid groups (broad SMARTS) is 1. The monoisotopic (exact) mass is 957 g/mol. The van der Waals surface area contributed by atoms with Gasteiger partial charge in [0.1, 0.15) is 29.4 Å². The number of anilines is 3. The van der Waals surface area contributed by atoms with Crippen molar-refractivity contribution in [2.75, 3.05) is 74.0 Å². The molecule has 3 amide bonds. The van der Waals surface area contributed by atoms with Gasteiger partial charge in [-0.2, -0.15) is 12.7 Å². The predicted octanol–water partition coefficient (Wildman–Crippen LogP) is 3.92. The highest BCUT2D eigenvalue weighted by Crippen LogP contribution is 2.39. The maximum atomic E-state index is 15.8. The molecule has 0 radical (unpaired) electrons. The van der Waals surface area contributed by atoms with Crippen LogP contribution in [-0.2, 0) is 31.1 Å². The molecule has 18 nitrogen and oxygen atoms in total. The van der Waals surface area contributed by atoms with Crippen LogP contribution in [0.4, 0.5) is 30.2 Å². The second kappa shape index (κ2) is 18.6. The minimum Gasteiger partial charge on any atom is -0.496 e. The van der Waals surface area contributed by atoms with Gasteiger partial charge < -0.3 is 29.5 Å². The minimum atomic E-state index is -4.36. The third kappa shape index (κ3) is 8.69. The Labute approximate surface area is 387 Å². The van der Waals surface area contributed by atoms with Gasteiger partial charge in [-0.25, -0.2) is 18.2 Å². The van der Waals surface area contributed by atoms with Gasteiger partial charge in [0.25, 0.3) is 12.4 Å². The maximum absolute atomic E-state index is 15.8. The third-order valence-corrected chi connectivity index (χ3v) is 14.7. The lowest BCUT2D eigenvalue weighted by Gasteiger charge is -2.49. The van der Waals surface area contributed by atoms with Crippen molar-refractivity contribution in [3.8, 4) is 16.9 Å². The highest BCUT2D eigenvalue weighted by atomic mass is 32.2. The number of hydrogen-bond donors (Lipinski definition) is 4. The fraction of sp³-hybridized carbons (Fsp3) is 0.348. The van der Waals surface area contributed by atoms with Gasteiger partial charge >= 0.3 is 10.2 Å². The number of piperidine rings is 1. The molecule has 4 fully saturated rings. The molecule has 3 aromatic carbocycles. The number of pyridine rings is 1. The highest BCUT2D eigenvalue weighted by molar-refractivity contribution is 7.90. The van der Waals surface area contributed by atoms with Gasteiger partial charge in [0.05, 0.1) is 23.9 Å². The number of ketones is 1. The first-order chi connectivity index (χ1) is 32.7. The van der Waals surface area contributed by atoms with Crippen molar-refractivity contribution in [3.63, 3.8) is 0 Å². The van der Waals surface area contributed by atoms with E-state index in [1.54, 1.807) is 12.3 Å². The minimum absolute atomic E-state index is 0.00184. The zero-order valence-corrected chi connectivity index (χ0v) is 37.4. The number of rotatable bonds is 11. The fourth-order valence-electron chi connectivity index (χ4n) is 9.54. The molecule has 0 bridgehead atoms. The molecule has 1 unspecified atom stereocenters. The van der Waals surface area contributed by atoms with E-state index in [9.17, 15) is 32.0 Å². The molecule has 0 spiro atoms. The topological polar surface area (TPSA) is 218 Å². The molecule has 10 rings (SSSR count). The van der Waals surface area contributed by atoms with Gasteiger partial charge in [0.2, 0.25) is 17.6 Å². The summed E-state index contributed by atoms with van der Waals surface area (Å²) in [6.07, 6.45) is 2.06. The number of hydrogen-bond acceptors (Lipinski definition) is 12. The summed E-state index contributed by atoms with van der Waals surface area (Å²) >= 11 is 0. The Hall–Kier alpha value is -7.04. The van der Waals surface area contributed by atoms with E-state index in [0.717, 1.165) is 78.2 Å². The number of carbonyl (C=O) groups excluding carboxylic acids is 4. The normalized spacial score (nSPS) is 20.2. The summed E-state index contributed by atoms with van der Waals surface area (Å²) in [6.45, 7) is 4.51. The van der Waals surface area contributed by atoms with E-state index in [-0.39, 0.29) is 49.8 Å². The number of ether oxygens (including phenoxy) is 1. The van der Waals surface area contributed by atoms with Crippen LogP contribution in [0.3, 0.4) is 0 Å². The number of halogens is 3. The van der Waals surface area contributed by atoms with Crippen molar-refractivity contribution in [1.82, 2.24) is 29.4 Å². The zero-order chi connectivity index (χ0) is 48.0. The molecule has 356 valence electrons. The van der Waals surface area contributed by atoms with Crippen LogP contribution >= 0.6 is 0 Å². The number of nitrogens with one attached hydrogen (secondary N) is 3. The Balaban J connectivity index is 0.00000188. The predicted molar refractivity (Wildman–Crippen MR) is 242 cm³/mol. The van der Waals surface area contributed by atoms with Crippen molar-refractivity contribution in [1.29, 1.82) is 0 Å². The number of piperazine rings is 1. The fourth-order valence-corrected chi connectivity index (χ4v) is 10.8. The van der Waals surface area contributed by atoms with E-state index in [2.05, 4.69) is 30.0 Å². The molecule has 2 aromatic heterocycles. The number of carbonyl (C=O) groups is 5. The van der Waals surface area contributed by atoms with E-state index in [4.69, 9.17) is 14.6 Å². The molecule has 5 aliphatic heterocycles. The number of imide groups is 1. The first kappa shape index (κ1) is 46.1. The number of fused-ring (bicyclic) bond motifs is 2. The first-order valence-electron chi connectivity index (χ1n) is 21.9. The summed E-state index contributed by atoms with van der Waals surface area (Å²) in [6, 6.07) is 14.9. The van der Waals surface area contributed by atoms with Crippen molar-refractivity contribution < 1.29 is 55.4 Å². The molecular weight excluding hydrogens is 912 g/mol. The van der Waals surface area contributed by atoms with Gasteiger partial charge in [0, 0.05) is 118 Å². The van der Waals surface area contributed by atoms with Gasteiger partial charge in [-0.3, -0.25) is 38.9 Å². The van der Waals surface area contributed by atoms with Crippen LogP contribution in [0.5, 0.6) is 5.75 Å². The average Bonchev–Trinajstić information content (AvgIpc) is 4.04. The van der Waals surface area contributed by atoms with Crippen molar-refractivity contribution >= 4 is 68.3 Å². The standard InChI is InChI=1S/C45H44F3N9O7S.CH2O2/c1-64-37-18-30(16-27-21-57(45(61)39(27)37)36-8-9-38(58)51-44(36)60)55-23-31(24-55)54-14-12-53(13-15-54)29-4-2-25(3-5-29)26-17-32-33(20-50-43(32)49-19-26)42(59)40-34(47)6-7-35(41(40)48)52-65(62,63)56-11-10-28(46)22-56;2-1-3/h2-7,16-20,28,31,36,52H,8-15,21-24H2,1H3,(H,49,50)(H,51,58,60);1H,(H,2,3)/t28-,36?;/m1./s1. The molecule has 5 aromatic rings. The number of H-pyrrole nitrogens is 1. The van der Waals surface area contributed by atoms with Crippen LogP contribution in [0.15, 0.2) is 67.0 Å². The second-order valence-electron chi connectivity index (χ2n) is 17.1. The van der Waals surface area contributed by atoms with Crippen LogP contribution in [0.25, 0.3) is 22.2 Å². The van der Waals surface area contributed by atoms with Crippen LogP contribution < -0.4 is 24.6 Å². The molecule has 2 atom stereocenters. The number of amides is 3. The maximum Gasteiger partial charge on any atom is 0.301 e. The van der Waals surface area contributed by atoms with Crippen LogP contribution in [0, 0.1) is 11.6 Å². The molecule has 4 saturated heterocycles. The Bertz CT molecular complexity index is 2940. The molecule has 68 heavy (non-hydrogen) atoms. The number of alkyl halides is 1. The number of aromatic nitrogens is 2. The third-order valence-electron chi connectivity index (χ3n) is 13.2. The summed E-state index contributed by atoms with van der Waals surface area (Å²) < 4.78 is 78.8. The number of nitrogens with zero attached hydrogens (tertiary/aromatic N) is 6. The Morgan fingerprint density at radius 3 is 2.34 bits per heavy atom. The zero-order valence-electron chi connectivity index (χ0n) is 36.6. The summed E-state index contributed by atoms with van der Waals surface area (Å²) in [4.78, 5) is 75.7. The number of benzene rings is 3. The van der Waals surface area contributed by atoms with Crippen LogP contribution in [-0.4, -0.2) is 145 Å². The van der Waals surface area contributed by atoms with Crippen LogP contribution in [0.2, 0.25) is 0 Å². The van der Waals surface area contributed by atoms with Crippen LogP contribution in [0.1, 0.15) is 51.1 Å². The van der Waals surface area contributed by atoms with Gasteiger partial charge in [0.15, 0.2) is 5.82 Å². The average molecular weight is 958 g/mol. The second-order valence-corrected chi connectivity index (χ2v) is 18.8. The number of methoxy groups -OCH3 is 1. The van der Waals surface area contributed by atoms with E-state index >= 15 is 8.78 Å². The Morgan fingerprint density at radius 2 is 1.66 bits per heavy atom. The molecule has 0 aliphatic carbocycles. The lowest BCUT2D eigenvalue weighted by atomic mass is 9.99. The largest absolute Gasteiger partial charge is 0.496 e. The molecule has 5 aliphatic rings. The number of aromatic amines is 1. The molecule has 22 heteroatoms. The lowest BCUT2D eigenvalue weighted by molar-refractivity contribution is -0.137. The van der Waals surface area contributed by atoms with Gasteiger partial charge in [-0.15, -0.1) is 0 Å². The summed E-state index contributed by atoms with van der Waals surface area (Å²) in [5.41, 5.74) is 3.40. The molecule has 0 saturated carbocycles. The molecule has 4 N–H and O–H groups in total. The Morgan fingerprint density at radius 1 is 0.926 bits per heavy atom. The van der Waals surface area contributed by atoms with Crippen molar-refractivity contribution in [3.05, 3.63) is 101 Å². The van der Waals surface area contributed by atoms with E-state index in [1.807, 2.05) is 41.1 Å². The van der Waals surface area contributed by atoms with E-state index < -0.39 is 63.5 Å². The van der Waals surface area contributed by atoms with Crippen molar-refractivity contribution in [2.45, 2.75) is 44.1 Å². The highest BCUT2D eigenvalue weighted by Gasteiger charge is 2.42. The van der Waals surface area contributed by atoms with E-state index in [0.29, 0.717) is 40.4 Å². The summed E-state index contributed by atoms with van der Waals surface area (Å²) in [5.74, 6) is -4.16. The van der Waals surface area contributed by atoms with Gasteiger partial charge in [-0.1, -0.05) is 12.1 Å². The van der Waals surface area contributed by atoms with E-state index in [1.165, 1.54) is 18.2 Å².